The molecule has 0 fully saturated rings. The largest absolute Gasteiger partial charge is 0.468 e. The first-order valence-corrected chi connectivity index (χ1v) is 8.86. The SMILES string of the molecule is COC(=O)Cn1c(SCC(=O)NCC(C)C)nc2ccccc2c1=O. The Morgan fingerprint density at radius 3 is 2.72 bits per heavy atom. The first-order chi connectivity index (χ1) is 11.9. The maximum atomic E-state index is 12.7. The van der Waals surface area contributed by atoms with Crippen LogP contribution in [-0.4, -0.2) is 40.8 Å². The molecule has 1 N–H and O–H groups in total. The lowest BCUT2D eigenvalue weighted by Gasteiger charge is -2.12. The average Bonchev–Trinajstić information content (AvgIpc) is 2.60. The van der Waals surface area contributed by atoms with E-state index in [2.05, 4.69) is 15.0 Å². The van der Waals surface area contributed by atoms with Crippen LogP contribution < -0.4 is 10.9 Å². The Labute approximate surface area is 149 Å². The Hall–Kier alpha value is -2.35. The smallest absolute Gasteiger partial charge is 0.325 e. The van der Waals surface area contributed by atoms with Crippen LogP contribution in [0.3, 0.4) is 0 Å². The molecule has 0 unspecified atom stereocenters. The van der Waals surface area contributed by atoms with E-state index in [0.717, 1.165) is 11.8 Å². The van der Waals surface area contributed by atoms with Gasteiger partial charge in [-0.2, -0.15) is 0 Å². The molecular weight excluding hydrogens is 342 g/mol. The molecule has 134 valence electrons. The number of thioether (sulfide) groups is 1. The molecule has 8 heteroatoms. The summed E-state index contributed by atoms with van der Waals surface area (Å²) in [5.74, 6) is -0.236. The van der Waals surface area contributed by atoms with Gasteiger partial charge in [-0.15, -0.1) is 0 Å². The summed E-state index contributed by atoms with van der Waals surface area (Å²) in [6, 6.07) is 6.90. The predicted octanol–water partition coefficient (Wildman–Crippen LogP) is 1.43. The van der Waals surface area contributed by atoms with E-state index in [4.69, 9.17) is 0 Å². The van der Waals surface area contributed by atoms with Crippen molar-refractivity contribution in [2.75, 3.05) is 19.4 Å². The normalized spacial score (nSPS) is 10.9. The molecule has 2 aromatic rings. The zero-order valence-electron chi connectivity index (χ0n) is 14.4. The van der Waals surface area contributed by atoms with Crippen LogP contribution in [0, 0.1) is 5.92 Å². The third kappa shape index (κ3) is 5.06. The van der Waals surface area contributed by atoms with Crippen molar-refractivity contribution in [3.8, 4) is 0 Å². The monoisotopic (exact) mass is 363 g/mol. The summed E-state index contributed by atoms with van der Waals surface area (Å²) in [5.41, 5.74) is 0.194. The third-order valence-corrected chi connectivity index (χ3v) is 4.36. The van der Waals surface area contributed by atoms with Gasteiger partial charge in [0, 0.05) is 6.54 Å². The predicted molar refractivity (Wildman–Crippen MR) is 96.6 cm³/mol. The van der Waals surface area contributed by atoms with Crippen molar-refractivity contribution < 1.29 is 14.3 Å². The molecule has 0 aliphatic heterocycles. The van der Waals surface area contributed by atoms with E-state index in [-0.39, 0.29) is 23.8 Å². The van der Waals surface area contributed by atoms with E-state index < -0.39 is 5.97 Å². The fraction of sp³-hybridized carbons (Fsp3) is 0.412. The van der Waals surface area contributed by atoms with E-state index in [1.54, 1.807) is 24.3 Å². The number of nitrogens with zero attached hydrogens (tertiary/aromatic N) is 2. The first kappa shape index (κ1) is 19.0. The highest BCUT2D eigenvalue weighted by atomic mass is 32.2. The topological polar surface area (TPSA) is 90.3 Å². The summed E-state index contributed by atoms with van der Waals surface area (Å²) >= 11 is 1.12. The molecule has 0 radical (unpaired) electrons. The number of esters is 1. The molecule has 2 rings (SSSR count). The lowest BCUT2D eigenvalue weighted by molar-refractivity contribution is -0.141. The minimum atomic E-state index is -0.551. The number of benzene rings is 1. The van der Waals surface area contributed by atoms with Gasteiger partial charge < -0.3 is 10.1 Å². The zero-order chi connectivity index (χ0) is 18.4. The minimum Gasteiger partial charge on any atom is -0.468 e. The van der Waals surface area contributed by atoms with Gasteiger partial charge in [0.2, 0.25) is 5.91 Å². The second kappa shape index (κ2) is 8.66. The molecule has 0 bridgehead atoms. The first-order valence-electron chi connectivity index (χ1n) is 7.88. The molecule has 0 saturated heterocycles. The number of aromatic nitrogens is 2. The summed E-state index contributed by atoms with van der Waals surface area (Å²) in [7, 11) is 1.26. The van der Waals surface area contributed by atoms with Crippen LogP contribution in [0.4, 0.5) is 0 Å². The molecular formula is C17H21N3O4S. The van der Waals surface area contributed by atoms with Crippen LogP contribution in [0.2, 0.25) is 0 Å². The highest BCUT2D eigenvalue weighted by Gasteiger charge is 2.16. The van der Waals surface area contributed by atoms with Gasteiger partial charge in [0.15, 0.2) is 5.16 Å². The third-order valence-electron chi connectivity index (χ3n) is 3.38. The number of ether oxygens (including phenoxy) is 1. The summed E-state index contributed by atoms with van der Waals surface area (Å²) < 4.78 is 5.90. The number of amides is 1. The molecule has 0 aliphatic rings. The van der Waals surface area contributed by atoms with Gasteiger partial charge in [-0.05, 0) is 18.1 Å². The van der Waals surface area contributed by atoms with Gasteiger partial charge in [-0.3, -0.25) is 19.0 Å². The van der Waals surface area contributed by atoms with Crippen LogP contribution in [0.15, 0.2) is 34.2 Å². The Kier molecular flexibility index (Phi) is 6.58. The highest BCUT2D eigenvalue weighted by molar-refractivity contribution is 7.99. The number of para-hydroxylation sites is 1. The molecule has 0 atom stereocenters. The fourth-order valence-corrected chi connectivity index (χ4v) is 2.92. The summed E-state index contributed by atoms with van der Waals surface area (Å²) in [6.07, 6.45) is 0. The van der Waals surface area contributed by atoms with Crippen LogP contribution >= 0.6 is 11.8 Å². The number of hydrogen-bond donors (Lipinski definition) is 1. The lowest BCUT2D eigenvalue weighted by atomic mass is 10.2. The molecule has 0 spiro atoms. The van der Waals surface area contributed by atoms with Crippen molar-refractivity contribution in [3.63, 3.8) is 0 Å². The van der Waals surface area contributed by atoms with Crippen LogP contribution in [0.1, 0.15) is 13.8 Å². The van der Waals surface area contributed by atoms with Crippen molar-refractivity contribution in [2.24, 2.45) is 5.92 Å². The van der Waals surface area contributed by atoms with E-state index in [1.165, 1.54) is 11.7 Å². The molecule has 1 aromatic carbocycles. The van der Waals surface area contributed by atoms with Gasteiger partial charge in [-0.25, -0.2) is 4.98 Å². The molecule has 7 nitrogen and oxygen atoms in total. The second-order valence-corrected chi connectivity index (χ2v) is 6.81. The van der Waals surface area contributed by atoms with Crippen molar-refractivity contribution >= 4 is 34.5 Å². The molecule has 0 aliphatic carbocycles. The molecule has 1 aromatic heterocycles. The van der Waals surface area contributed by atoms with Gasteiger partial charge >= 0.3 is 5.97 Å². The van der Waals surface area contributed by atoms with Crippen LogP contribution in [0.25, 0.3) is 10.9 Å². The zero-order valence-corrected chi connectivity index (χ0v) is 15.3. The average molecular weight is 363 g/mol. The second-order valence-electron chi connectivity index (χ2n) is 5.87. The number of rotatable bonds is 7. The maximum absolute atomic E-state index is 12.7. The fourth-order valence-electron chi connectivity index (χ4n) is 2.09. The standard InChI is InChI=1S/C17H21N3O4S/c1-11(2)8-18-14(21)10-25-17-19-13-7-5-4-6-12(13)16(23)20(17)9-15(22)24-3/h4-7,11H,8-10H2,1-3H3,(H,18,21). The van der Waals surface area contributed by atoms with Crippen LogP contribution in [-0.2, 0) is 20.9 Å². The van der Waals surface area contributed by atoms with Gasteiger partial charge in [-0.1, -0.05) is 37.7 Å². The number of nitrogens with one attached hydrogen (secondary N) is 1. The van der Waals surface area contributed by atoms with Gasteiger partial charge in [0.05, 0.1) is 23.8 Å². The summed E-state index contributed by atoms with van der Waals surface area (Å²) in [5, 5.41) is 3.54. The quantitative estimate of drug-likeness (QED) is 0.455. The van der Waals surface area contributed by atoms with Gasteiger partial charge in [0.25, 0.3) is 5.56 Å². The maximum Gasteiger partial charge on any atom is 0.325 e. The van der Waals surface area contributed by atoms with E-state index in [0.29, 0.717) is 28.5 Å². The Balaban J connectivity index is 2.29. The van der Waals surface area contributed by atoms with Crippen molar-refractivity contribution in [2.45, 2.75) is 25.5 Å². The molecule has 1 amide bonds. The van der Waals surface area contributed by atoms with E-state index in [9.17, 15) is 14.4 Å². The molecule has 25 heavy (non-hydrogen) atoms. The van der Waals surface area contributed by atoms with E-state index >= 15 is 0 Å². The molecule has 0 saturated carbocycles. The Morgan fingerprint density at radius 2 is 2.04 bits per heavy atom. The summed E-state index contributed by atoms with van der Waals surface area (Å²) in [4.78, 5) is 40.6. The lowest BCUT2D eigenvalue weighted by Crippen LogP contribution is -2.30. The van der Waals surface area contributed by atoms with Crippen LogP contribution in [0.5, 0.6) is 0 Å². The number of fused-ring (bicyclic) bond motifs is 1. The molecule has 1 heterocycles. The minimum absolute atomic E-state index is 0.110. The Bertz CT molecular complexity index is 832. The van der Waals surface area contributed by atoms with Gasteiger partial charge in [0.1, 0.15) is 6.54 Å². The van der Waals surface area contributed by atoms with E-state index in [1.807, 2.05) is 13.8 Å². The number of methoxy groups -OCH3 is 1. The Morgan fingerprint density at radius 1 is 1.32 bits per heavy atom. The summed E-state index contributed by atoms with van der Waals surface area (Å²) in [6.45, 7) is 4.35. The number of hydrogen-bond acceptors (Lipinski definition) is 6. The highest BCUT2D eigenvalue weighted by Crippen LogP contribution is 2.17. The van der Waals surface area contributed by atoms with Crippen molar-refractivity contribution in [1.29, 1.82) is 0 Å². The van der Waals surface area contributed by atoms with Crippen molar-refractivity contribution in [1.82, 2.24) is 14.9 Å². The number of carbonyl (C=O) groups is 2. The number of carbonyl (C=O) groups excluding carboxylic acids is 2. The van der Waals surface area contributed by atoms with Crippen molar-refractivity contribution in [3.05, 3.63) is 34.6 Å².